The number of ether oxygens (including phenoxy) is 1. The first-order valence-corrected chi connectivity index (χ1v) is 6.60. The predicted molar refractivity (Wildman–Crippen MR) is 80.3 cm³/mol. The van der Waals surface area contributed by atoms with E-state index in [2.05, 4.69) is 27.9 Å². The molecule has 0 atom stereocenters. The maximum Gasteiger partial charge on any atom is 0.417 e. The van der Waals surface area contributed by atoms with Crippen molar-refractivity contribution in [3.05, 3.63) is 57.1 Å². The number of halogens is 2. The lowest BCUT2D eigenvalue weighted by atomic mass is 10.3. The van der Waals surface area contributed by atoms with Crippen LogP contribution in [0.3, 0.4) is 0 Å². The first kappa shape index (κ1) is 13.2. The van der Waals surface area contributed by atoms with E-state index in [4.69, 9.17) is 16.3 Å². The van der Waals surface area contributed by atoms with Gasteiger partial charge in [-0.15, -0.1) is 0 Å². The zero-order chi connectivity index (χ0) is 13.0. The Hall–Kier alpha value is -1.27. The molecule has 5 heteroatoms. The number of benzene rings is 2. The molecule has 0 fully saturated rings. The molecule has 0 aromatic heterocycles. The first-order valence-electron chi connectivity index (χ1n) is 5.14. The van der Waals surface area contributed by atoms with Gasteiger partial charge in [0, 0.05) is 8.59 Å². The number of nitrogens with one attached hydrogen (secondary N) is 1. The van der Waals surface area contributed by atoms with Gasteiger partial charge in [-0.2, -0.15) is 0 Å². The van der Waals surface area contributed by atoms with Gasteiger partial charge in [0.05, 0.1) is 5.69 Å². The Balaban J connectivity index is 2.03. The molecule has 92 valence electrons. The highest BCUT2D eigenvalue weighted by molar-refractivity contribution is 14.1. The Morgan fingerprint density at radius 3 is 2.56 bits per heavy atom. The maximum atomic E-state index is 11.6. The molecule has 2 rings (SSSR count). The number of carbonyl (C=O) groups is 1. The number of hydrogen-bond acceptors (Lipinski definition) is 2. The number of amides is 1. The molecule has 0 saturated carbocycles. The molecule has 2 aromatic carbocycles. The average molecular weight is 374 g/mol. The topological polar surface area (TPSA) is 38.3 Å². The molecule has 0 spiro atoms. The molecular weight excluding hydrogens is 365 g/mol. The van der Waals surface area contributed by atoms with E-state index in [1.165, 1.54) is 0 Å². The molecule has 18 heavy (non-hydrogen) atoms. The SMILES string of the molecule is O=C(Nc1ccc(Cl)cc1I)Oc1ccccc1. The third-order valence-electron chi connectivity index (χ3n) is 2.12. The second-order valence-corrected chi connectivity index (χ2v) is 5.05. The quantitative estimate of drug-likeness (QED) is 0.784. The summed E-state index contributed by atoms with van der Waals surface area (Å²) < 4.78 is 5.97. The van der Waals surface area contributed by atoms with Gasteiger partial charge in [0.2, 0.25) is 0 Å². The summed E-state index contributed by atoms with van der Waals surface area (Å²) in [6, 6.07) is 14.1. The van der Waals surface area contributed by atoms with Crippen molar-refractivity contribution < 1.29 is 9.53 Å². The summed E-state index contributed by atoms with van der Waals surface area (Å²) in [5.74, 6) is 0.499. The highest BCUT2D eigenvalue weighted by Crippen LogP contribution is 2.22. The summed E-state index contributed by atoms with van der Waals surface area (Å²) in [5.41, 5.74) is 0.668. The molecule has 0 saturated heterocycles. The predicted octanol–water partition coefficient (Wildman–Crippen LogP) is 4.56. The molecule has 2 aromatic rings. The normalized spacial score (nSPS) is 9.89. The van der Waals surface area contributed by atoms with Crippen LogP contribution in [0.1, 0.15) is 0 Å². The third kappa shape index (κ3) is 3.61. The van der Waals surface area contributed by atoms with Crippen molar-refractivity contribution in [1.82, 2.24) is 0 Å². The van der Waals surface area contributed by atoms with E-state index in [0.717, 1.165) is 3.57 Å². The van der Waals surface area contributed by atoms with E-state index in [-0.39, 0.29) is 0 Å². The van der Waals surface area contributed by atoms with Gasteiger partial charge in [0.1, 0.15) is 5.75 Å². The molecular formula is C13H9ClINO2. The van der Waals surface area contributed by atoms with Gasteiger partial charge in [-0.25, -0.2) is 4.79 Å². The van der Waals surface area contributed by atoms with Crippen molar-refractivity contribution in [2.75, 3.05) is 5.32 Å². The van der Waals surface area contributed by atoms with Gasteiger partial charge >= 0.3 is 6.09 Å². The zero-order valence-electron chi connectivity index (χ0n) is 9.19. The Bertz CT molecular complexity index is 560. The molecule has 3 nitrogen and oxygen atoms in total. The summed E-state index contributed by atoms with van der Waals surface area (Å²) in [7, 11) is 0. The van der Waals surface area contributed by atoms with Gasteiger partial charge in [0.15, 0.2) is 0 Å². The van der Waals surface area contributed by atoms with Crippen LogP contribution in [0.25, 0.3) is 0 Å². The second kappa shape index (κ2) is 6.06. The van der Waals surface area contributed by atoms with Crippen LogP contribution >= 0.6 is 34.2 Å². The van der Waals surface area contributed by atoms with Crippen LogP contribution in [-0.4, -0.2) is 6.09 Å². The molecule has 1 N–H and O–H groups in total. The first-order chi connectivity index (χ1) is 8.65. The van der Waals surface area contributed by atoms with Crippen molar-refractivity contribution in [3.8, 4) is 5.75 Å². The smallest absolute Gasteiger partial charge is 0.410 e. The number of carbonyl (C=O) groups excluding carboxylic acids is 1. The monoisotopic (exact) mass is 373 g/mol. The molecule has 0 heterocycles. The summed E-state index contributed by atoms with van der Waals surface area (Å²) in [6.45, 7) is 0. The van der Waals surface area contributed by atoms with Crippen molar-refractivity contribution >= 4 is 46.0 Å². The van der Waals surface area contributed by atoms with E-state index < -0.39 is 6.09 Å². The van der Waals surface area contributed by atoms with Crippen LogP contribution in [0.5, 0.6) is 5.75 Å². The second-order valence-electron chi connectivity index (χ2n) is 3.45. The number of hydrogen-bond donors (Lipinski definition) is 1. The lowest BCUT2D eigenvalue weighted by Crippen LogP contribution is -2.17. The van der Waals surface area contributed by atoms with Crippen LogP contribution in [0.4, 0.5) is 10.5 Å². The molecule has 0 unspecified atom stereocenters. The molecule has 0 radical (unpaired) electrons. The van der Waals surface area contributed by atoms with Crippen molar-refractivity contribution in [2.24, 2.45) is 0 Å². The average Bonchev–Trinajstić information content (AvgIpc) is 2.34. The van der Waals surface area contributed by atoms with Crippen LogP contribution in [0.15, 0.2) is 48.5 Å². The summed E-state index contributed by atoms with van der Waals surface area (Å²) in [6.07, 6.45) is -0.526. The van der Waals surface area contributed by atoms with E-state index in [1.54, 1.807) is 42.5 Å². The number of rotatable bonds is 2. The van der Waals surface area contributed by atoms with Crippen molar-refractivity contribution in [3.63, 3.8) is 0 Å². The number of para-hydroxylation sites is 1. The van der Waals surface area contributed by atoms with Gasteiger partial charge in [0.25, 0.3) is 0 Å². The van der Waals surface area contributed by atoms with E-state index >= 15 is 0 Å². The van der Waals surface area contributed by atoms with Crippen LogP contribution in [0.2, 0.25) is 5.02 Å². The minimum absolute atomic E-state index is 0.499. The maximum absolute atomic E-state index is 11.6. The lowest BCUT2D eigenvalue weighted by Gasteiger charge is -2.08. The van der Waals surface area contributed by atoms with Gasteiger partial charge in [-0.05, 0) is 52.9 Å². The van der Waals surface area contributed by atoms with E-state index in [0.29, 0.717) is 16.5 Å². The Kier molecular flexibility index (Phi) is 4.43. The Morgan fingerprint density at radius 1 is 1.17 bits per heavy atom. The Morgan fingerprint density at radius 2 is 1.89 bits per heavy atom. The highest BCUT2D eigenvalue weighted by Gasteiger charge is 2.07. The molecule has 0 aliphatic rings. The Labute approximate surface area is 123 Å². The van der Waals surface area contributed by atoms with Crippen LogP contribution in [-0.2, 0) is 0 Å². The molecule has 0 aliphatic carbocycles. The third-order valence-corrected chi connectivity index (χ3v) is 3.25. The standard InChI is InChI=1S/C13H9ClINO2/c14-9-6-7-12(11(15)8-9)16-13(17)18-10-4-2-1-3-5-10/h1-8H,(H,16,17). The minimum atomic E-state index is -0.526. The van der Waals surface area contributed by atoms with Crippen molar-refractivity contribution in [1.29, 1.82) is 0 Å². The highest BCUT2D eigenvalue weighted by atomic mass is 127. The molecule has 0 bridgehead atoms. The van der Waals surface area contributed by atoms with Crippen LogP contribution in [0, 0.1) is 3.57 Å². The van der Waals surface area contributed by atoms with Crippen molar-refractivity contribution in [2.45, 2.75) is 0 Å². The summed E-state index contributed by atoms with van der Waals surface area (Å²) >= 11 is 7.93. The molecule has 0 aliphatic heterocycles. The lowest BCUT2D eigenvalue weighted by molar-refractivity contribution is 0.215. The van der Waals surface area contributed by atoms with Gasteiger partial charge < -0.3 is 4.74 Å². The van der Waals surface area contributed by atoms with Crippen LogP contribution < -0.4 is 10.1 Å². The summed E-state index contributed by atoms with van der Waals surface area (Å²) in [5, 5.41) is 3.28. The molecule has 1 amide bonds. The van der Waals surface area contributed by atoms with Gasteiger partial charge in [-0.1, -0.05) is 29.8 Å². The van der Waals surface area contributed by atoms with E-state index in [1.807, 2.05) is 6.07 Å². The fourth-order valence-corrected chi connectivity index (χ4v) is 2.33. The number of anilines is 1. The van der Waals surface area contributed by atoms with E-state index in [9.17, 15) is 4.79 Å². The minimum Gasteiger partial charge on any atom is -0.410 e. The largest absolute Gasteiger partial charge is 0.417 e. The fourth-order valence-electron chi connectivity index (χ4n) is 1.32. The zero-order valence-corrected chi connectivity index (χ0v) is 12.1. The summed E-state index contributed by atoms with van der Waals surface area (Å²) in [4.78, 5) is 11.6. The fraction of sp³-hybridized carbons (Fsp3) is 0. The van der Waals surface area contributed by atoms with Gasteiger partial charge in [-0.3, -0.25) is 5.32 Å².